The summed E-state index contributed by atoms with van der Waals surface area (Å²) in [5.41, 5.74) is 4.78. The topological polar surface area (TPSA) is 49.2 Å². The standard InChI is InChI=1S/C26H27N5S/c1-2-30(20-23-11-7-4-8-12-23)24-16-13-22(14-17-24)19-27-31-25(28-29-26(31)32)18-15-21-9-5-3-6-10-21/h3-14,16-17,19H,2,15,18,20H2,1H3,(H,29,32)/b27-19-. The van der Waals surface area contributed by atoms with Gasteiger partial charge in [-0.2, -0.15) is 14.9 Å². The Morgan fingerprint density at radius 1 is 0.906 bits per heavy atom. The van der Waals surface area contributed by atoms with Crippen LogP contribution in [0.3, 0.4) is 0 Å². The Morgan fingerprint density at radius 3 is 2.22 bits per heavy atom. The Kier molecular flexibility index (Phi) is 7.25. The Hall–Kier alpha value is -3.51. The molecule has 0 fully saturated rings. The van der Waals surface area contributed by atoms with Crippen molar-refractivity contribution in [2.45, 2.75) is 26.3 Å². The van der Waals surface area contributed by atoms with Gasteiger partial charge in [-0.05, 0) is 54.4 Å². The first-order chi connectivity index (χ1) is 15.7. The van der Waals surface area contributed by atoms with Crippen molar-refractivity contribution >= 4 is 24.1 Å². The number of hydrogen-bond donors (Lipinski definition) is 1. The predicted molar refractivity (Wildman–Crippen MR) is 134 cm³/mol. The Balaban J connectivity index is 1.44. The number of nitrogens with one attached hydrogen (secondary N) is 1. The number of aromatic nitrogens is 3. The fourth-order valence-electron chi connectivity index (χ4n) is 3.59. The molecule has 162 valence electrons. The molecule has 5 nitrogen and oxygen atoms in total. The lowest BCUT2D eigenvalue weighted by atomic mass is 10.1. The minimum absolute atomic E-state index is 0.501. The summed E-state index contributed by atoms with van der Waals surface area (Å²) in [7, 11) is 0. The van der Waals surface area contributed by atoms with Crippen LogP contribution in [0.2, 0.25) is 0 Å². The van der Waals surface area contributed by atoms with Gasteiger partial charge in [0.15, 0.2) is 5.82 Å². The molecular formula is C26H27N5S. The maximum absolute atomic E-state index is 5.38. The molecule has 3 aromatic carbocycles. The van der Waals surface area contributed by atoms with Gasteiger partial charge in [0.2, 0.25) is 4.77 Å². The summed E-state index contributed by atoms with van der Waals surface area (Å²) in [5.74, 6) is 0.826. The van der Waals surface area contributed by atoms with Crippen LogP contribution in [0.4, 0.5) is 5.69 Å². The second-order valence-corrected chi connectivity index (χ2v) is 7.96. The molecule has 1 N–H and O–H groups in total. The summed E-state index contributed by atoms with van der Waals surface area (Å²) in [6.45, 7) is 4.01. The Morgan fingerprint density at radius 2 is 1.56 bits per heavy atom. The first kappa shape index (κ1) is 21.7. The molecule has 0 aliphatic carbocycles. The molecule has 4 aromatic rings. The van der Waals surface area contributed by atoms with Crippen molar-refractivity contribution in [2.24, 2.45) is 5.10 Å². The Bertz CT molecular complexity index is 1190. The minimum atomic E-state index is 0.501. The van der Waals surface area contributed by atoms with Gasteiger partial charge >= 0.3 is 0 Å². The van der Waals surface area contributed by atoms with E-state index in [9.17, 15) is 0 Å². The summed E-state index contributed by atoms with van der Waals surface area (Å²) < 4.78 is 2.21. The molecule has 4 rings (SSSR count). The molecule has 6 heteroatoms. The monoisotopic (exact) mass is 441 g/mol. The molecule has 0 bridgehead atoms. The quantitative estimate of drug-likeness (QED) is 0.270. The molecule has 0 aliphatic heterocycles. The van der Waals surface area contributed by atoms with Crippen LogP contribution in [0.15, 0.2) is 90.0 Å². The van der Waals surface area contributed by atoms with Crippen LogP contribution in [-0.2, 0) is 19.4 Å². The van der Waals surface area contributed by atoms with Gasteiger partial charge in [0, 0.05) is 25.2 Å². The second kappa shape index (κ2) is 10.7. The van der Waals surface area contributed by atoms with Crippen molar-refractivity contribution in [3.63, 3.8) is 0 Å². The highest BCUT2D eigenvalue weighted by Gasteiger charge is 2.07. The summed E-state index contributed by atoms with van der Waals surface area (Å²) in [6.07, 6.45) is 3.48. The fourth-order valence-corrected chi connectivity index (χ4v) is 3.79. The maximum Gasteiger partial charge on any atom is 0.216 e. The number of hydrogen-bond acceptors (Lipinski definition) is 4. The SMILES string of the molecule is CCN(Cc1ccccc1)c1ccc(/C=N\n2c(CCc3ccccc3)n[nH]c2=S)cc1. The smallest absolute Gasteiger partial charge is 0.216 e. The predicted octanol–water partition coefficient (Wildman–Crippen LogP) is 5.63. The molecule has 0 aliphatic rings. The summed E-state index contributed by atoms with van der Waals surface area (Å²) in [6, 6.07) is 29.3. The highest BCUT2D eigenvalue weighted by molar-refractivity contribution is 7.71. The molecule has 0 saturated carbocycles. The van der Waals surface area contributed by atoms with E-state index in [1.165, 1.54) is 16.8 Å². The van der Waals surface area contributed by atoms with E-state index in [0.717, 1.165) is 37.3 Å². The van der Waals surface area contributed by atoms with Crippen molar-refractivity contribution in [3.05, 3.63) is 112 Å². The van der Waals surface area contributed by atoms with Gasteiger partial charge < -0.3 is 4.90 Å². The van der Waals surface area contributed by atoms with Crippen LogP contribution in [-0.4, -0.2) is 27.6 Å². The zero-order chi connectivity index (χ0) is 22.2. The molecule has 0 atom stereocenters. The van der Waals surface area contributed by atoms with E-state index in [1.54, 1.807) is 4.68 Å². The van der Waals surface area contributed by atoms with Crippen LogP contribution in [0.25, 0.3) is 0 Å². The van der Waals surface area contributed by atoms with Crippen LogP contribution in [0.5, 0.6) is 0 Å². The maximum atomic E-state index is 5.38. The molecule has 32 heavy (non-hydrogen) atoms. The first-order valence-corrected chi connectivity index (χ1v) is 11.3. The Labute approximate surface area is 194 Å². The van der Waals surface area contributed by atoms with Gasteiger partial charge in [-0.15, -0.1) is 0 Å². The van der Waals surface area contributed by atoms with Crippen LogP contribution >= 0.6 is 12.2 Å². The third kappa shape index (κ3) is 5.59. The van der Waals surface area contributed by atoms with E-state index in [2.05, 4.69) is 87.8 Å². The molecule has 0 amide bonds. The van der Waals surface area contributed by atoms with Crippen molar-refractivity contribution < 1.29 is 0 Å². The summed E-state index contributed by atoms with van der Waals surface area (Å²) in [4.78, 5) is 2.35. The lowest BCUT2D eigenvalue weighted by molar-refractivity contribution is 0.750. The van der Waals surface area contributed by atoms with Crippen LogP contribution in [0, 0.1) is 4.77 Å². The number of benzene rings is 3. The normalized spacial score (nSPS) is 11.2. The van der Waals surface area contributed by atoms with Crippen molar-refractivity contribution in [3.8, 4) is 0 Å². The van der Waals surface area contributed by atoms with Gasteiger partial charge in [0.1, 0.15) is 0 Å². The third-order valence-corrected chi connectivity index (χ3v) is 5.64. The number of rotatable bonds is 9. The minimum Gasteiger partial charge on any atom is -0.367 e. The molecular weight excluding hydrogens is 414 g/mol. The van der Waals surface area contributed by atoms with E-state index < -0.39 is 0 Å². The van der Waals surface area contributed by atoms with Crippen molar-refractivity contribution in [1.29, 1.82) is 0 Å². The van der Waals surface area contributed by atoms with Gasteiger partial charge in [-0.3, -0.25) is 5.10 Å². The average molecular weight is 442 g/mol. The molecule has 0 spiro atoms. The van der Waals surface area contributed by atoms with E-state index >= 15 is 0 Å². The van der Waals surface area contributed by atoms with E-state index in [1.807, 2.05) is 30.5 Å². The highest BCUT2D eigenvalue weighted by atomic mass is 32.1. The average Bonchev–Trinajstić information content (AvgIpc) is 3.20. The second-order valence-electron chi connectivity index (χ2n) is 7.58. The lowest BCUT2D eigenvalue weighted by Gasteiger charge is -2.23. The zero-order valence-electron chi connectivity index (χ0n) is 18.2. The van der Waals surface area contributed by atoms with Crippen LogP contribution in [0.1, 0.15) is 29.4 Å². The summed E-state index contributed by atoms with van der Waals surface area (Å²) in [5, 5.41) is 11.8. The van der Waals surface area contributed by atoms with Crippen LogP contribution < -0.4 is 4.90 Å². The van der Waals surface area contributed by atoms with Crippen molar-refractivity contribution in [1.82, 2.24) is 14.9 Å². The largest absolute Gasteiger partial charge is 0.367 e. The van der Waals surface area contributed by atoms with Crippen molar-refractivity contribution in [2.75, 3.05) is 11.4 Å². The zero-order valence-corrected chi connectivity index (χ0v) is 19.0. The number of anilines is 1. The van der Waals surface area contributed by atoms with E-state index in [0.29, 0.717) is 4.77 Å². The number of nitrogens with zero attached hydrogens (tertiary/aromatic N) is 4. The number of aromatic amines is 1. The molecule has 0 saturated heterocycles. The molecule has 0 unspecified atom stereocenters. The molecule has 1 aromatic heterocycles. The first-order valence-electron chi connectivity index (χ1n) is 10.9. The van der Waals surface area contributed by atoms with Gasteiger partial charge in [-0.25, -0.2) is 0 Å². The molecule has 0 radical (unpaired) electrons. The van der Waals surface area contributed by atoms with E-state index in [-0.39, 0.29) is 0 Å². The lowest BCUT2D eigenvalue weighted by Crippen LogP contribution is -2.21. The number of H-pyrrole nitrogens is 1. The highest BCUT2D eigenvalue weighted by Crippen LogP contribution is 2.17. The van der Waals surface area contributed by atoms with Gasteiger partial charge in [-0.1, -0.05) is 72.8 Å². The fraction of sp³-hybridized carbons (Fsp3) is 0.192. The van der Waals surface area contributed by atoms with E-state index in [4.69, 9.17) is 12.2 Å². The molecule has 1 heterocycles. The van der Waals surface area contributed by atoms with Gasteiger partial charge in [0.25, 0.3) is 0 Å². The third-order valence-electron chi connectivity index (χ3n) is 5.38. The van der Waals surface area contributed by atoms with Gasteiger partial charge in [0.05, 0.1) is 6.21 Å². The number of aryl methyl sites for hydroxylation is 2. The summed E-state index contributed by atoms with van der Waals surface area (Å²) >= 11 is 5.38.